The van der Waals surface area contributed by atoms with Crippen LogP contribution in [0, 0.1) is 5.92 Å². The van der Waals surface area contributed by atoms with E-state index in [0.717, 1.165) is 64.2 Å². The average Bonchev–Trinajstić information content (AvgIpc) is 2.98. The molecule has 29 heavy (non-hydrogen) atoms. The number of aliphatic hydroxyl groups is 2. The first kappa shape index (κ1) is 24.2. The van der Waals surface area contributed by atoms with E-state index in [4.69, 9.17) is 21.8 Å². The van der Waals surface area contributed by atoms with Crippen LogP contribution in [0.3, 0.4) is 0 Å². The fourth-order valence-corrected chi connectivity index (χ4v) is 5.07. The zero-order chi connectivity index (χ0) is 21.1. The van der Waals surface area contributed by atoms with Crippen LogP contribution in [0.2, 0.25) is 0 Å². The molecule has 0 saturated heterocycles. The molecule has 0 amide bonds. The van der Waals surface area contributed by atoms with Crippen molar-refractivity contribution in [1.82, 2.24) is 0 Å². The Labute approximate surface area is 180 Å². The number of aliphatic hydroxyl groups excluding tert-OH is 2. The molecule has 1 saturated carbocycles. The number of carboxylic acid groups (broad SMARTS) is 1. The van der Waals surface area contributed by atoms with Crippen molar-refractivity contribution in [2.24, 2.45) is 5.92 Å². The third-order valence-corrected chi connectivity index (χ3v) is 6.73. The number of hydrogen-bond acceptors (Lipinski definition) is 3. The number of carbonyl (C=O) groups is 1. The van der Waals surface area contributed by atoms with Crippen molar-refractivity contribution in [3.8, 4) is 0 Å². The van der Waals surface area contributed by atoms with Crippen molar-refractivity contribution in [3.05, 3.63) is 35.4 Å². The van der Waals surface area contributed by atoms with Crippen LogP contribution in [0.4, 0.5) is 0 Å². The Morgan fingerprint density at radius 2 is 1.62 bits per heavy atom. The number of alkyl halides is 1. The lowest BCUT2D eigenvalue weighted by Gasteiger charge is -2.24. The molecule has 164 valence electrons. The highest BCUT2D eigenvalue weighted by molar-refractivity contribution is 6.21. The van der Waals surface area contributed by atoms with Gasteiger partial charge in [-0.25, -0.2) is 0 Å². The highest BCUT2D eigenvalue weighted by atomic mass is 35.5. The monoisotopic (exact) mass is 424 g/mol. The van der Waals surface area contributed by atoms with Crippen LogP contribution in [0.25, 0.3) is 0 Å². The number of aryl methyl sites for hydroxylation is 1. The molecule has 1 aromatic rings. The molecule has 3 N–H and O–H groups in total. The van der Waals surface area contributed by atoms with E-state index in [1.165, 1.54) is 11.1 Å². The van der Waals surface area contributed by atoms with Gasteiger partial charge in [0.2, 0.25) is 0 Å². The van der Waals surface area contributed by atoms with Gasteiger partial charge < -0.3 is 15.3 Å². The van der Waals surface area contributed by atoms with Crippen molar-refractivity contribution < 1.29 is 20.1 Å². The molecular weight excluding hydrogens is 388 g/mol. The van der Waals surface area contributed by atoms with Crippen molar-refractivity contribution >= 4 is 17.6 Å². The molecule has 4 atom stereocenters. The van der Waals surface area contributed by atoms with Gasteiger partial charge in [-0.1, -0.05) is 56.4 Å². The van der Waals surface area contributed by atoms with E-state index in [9.17, 15) is 9.90 Å². The first-order valence-corrected chi connectivity index (χ1v) is 11.7. The van der Waals surface area contributed by atoms with Crippen molar-refractivity contribution in [2.75, 3.05) is 6.61 Å². The molecule has 1 aromatic carbocycles. The molecule has 0 radical (unpaired) electrons. The highest BCUT2D eigenvalue weighted by Crippen LogP contribution is 2.45. The van der Waals surface area contributed by atoms with Gasteiger partial charge in [0.25, 0.3) is 0 Å². The van der Waals surface area contributed by atoms with Gasteiger partial charge in [0.05, 0.1) is 6.10 Å². The molecule has 0 spiro atoms. The van der Waals surface area contributed by atoms with Gasteiger partial charge in [0, 0.05) is 24.3 Å². The Morgan fingerprint density at radius 3 is 2.31 bits per heavy atom. The minimum absolute atomic E-state index is 0.000205. The number of halogens is 1. The average molecular weight is 425 g/mol. The molecule has 0 aromatic heterocycles. The summed E-state index contributed by atoms with van der Waals surface area (Å²) in [5.41, 5.74) is 2.50. The lowest BCUT2D eigenvalue weighted by atomic mass is 9.84. The number of aliphatic carboxylic acids is 1. The van der Waals surface area contributed by atoms with E-state index < -0.39 is 5.97 Å². The Kier molecular flexibility index (Phi) is 11.0. The topological polar surface area (TPSA) is 77.8 Å². The molecule has 0 heterocycles. The molecule has 0 unspecified atom stereocenters. The van der Waals surface area contributed by atoms with Crippen LogP contribution in [0.5, 0.6) is 0 Å². The number of hydrogen-bond donors (Lipinski definition) is 3. The fraction of sp³-hybridized carbons (Fsp3) is 0.708. The van der Waals surface area contributed by atoms with Gasteiger partial charge in [-0.05, 0) is 55.6 Å². The molecule has 5 heteroatoms. The van der Waals surface area contributed by atoms with E-state index in [1.54, 1.807) is 0 Å². The van der Waals surface area contributed by atoms with E-state index in [2.05, 4.69) is 24.3 Å². The van der Waals surface area contributed by atoms with Crippen molar-refractivity contribution in [3.63, 3.8) is 0 Å². The fourth-order valence-electron chi connectivity index (χ4n) is 4.60. The molecule has 2 rings (SSSR count). The summed E-state index contributed by atoms with van der Waals surface area (Å²) < 4.78 is 0. The second-order valence-electron chi connectivity index (χ2n) is 8.48. The summed E-state index contributed by atoms with van der Waals surface area (Å²) in [6, 6.07) is 8.68. The van der Waals surface area contributed by atoms with Crippen LogP contribution in [0.1, 0.15) is 87.7 Å². The normalized spacial score (nSPS) is 24.1. The predicted molar refractivity (Wildman–Crippen MR) is 118 cm³/mol. The standard InChI is InChI=1S/C24H37ClO4/c25-21-17-22(27)24(20(21)10-6-1-2-7-11-23(28)29)19-14-12-18(13-15-19)9-5-3-4-8-16-26/h12-15,20-22,24,26-27H,1-11,16-17H2,(H,28,29)/t20-,21+,22+,24+/m0/s1. The summed E-state index contributed by atoms with van der Waals surface area (Å²) in [5, 5.41) is 28.2. The van der Waals surface area contributed by atoms with Gasteiger partial charge >= 0.3 is 5.97 Å². The first-order chi connectivity index (χ1) is 14.0. The summed E-state index contributed by atoms with van der Waals surface area (Å²) in [7, 11) is 0. The zero-order valence-electron chi connectivity index (χ0n) is 17.4. The lowest BCUT2D eigenvalue weighted by Crippen LogP contribution is -2.19. The van der Waals surface area contributed by atoms with Crippen LogP contribution in [-0.4, -0.2) is 39.4 Å². The van der Waals surface area contributed by atoms with Crippen molar-refractivity contribution in [2.45, 2.75) is 94.4 Å². The van der Waals surface area contributed by atoms with Crippen LogP contribution >= 0.6 is 11.6 Å². The maximum atomic E-state index is 10.6. The van der Waals surface area contributed by atoms with E-state index in [-0.39, 0.29) is 36.3 Å². The second kappa shape index (κ2) is 13.3. The minimum atomic E-state index is -0.724. The van der Waals surface area contributed by atoms with Crippen molar-refractivity contribution in [1.29, 1.82) is 0 Å². The van der Waals surface area contributed by atoms with Gasteiger partial charge in [-0.3, -0.25) is 4.79 Å². The Morgan fingerprint density at radius 1 is 0.966 bits per heavy atom. The third kappa shape index (κ3) is 8.27. The summed E-state index contributed by atoms with van der Waals surface area (Å²) >= 11 is 6.59. The summed E-state index contributed by atoms with van der Waals surface area (Å²) in [4.78, 5) is 10.6. The predicted octanol–water partition coefficient (Wildman–Crippen LogP) is 5.28. The molecule has 0 aliphatic heterocycles. The van der Waals surface area contributed by atoms with Gasteiger partial charge in [-0.2, -0.15) is 0 Å². The molecule has 0 bridgehead atoms. The Balaban J connectivity index is 1.83. The molecule has 4 nitrogen and oxygen atoms in total. The second-order valence-corrected chi connectivity index (χ2v) is 9.05. The maximum Gasteiger partial charge on any atom is 0.303 e. The highest BCUT2D eigenvalue weighted by Gasteiger charge is 2.41. The smallest absolute Gasteiger partial charge is 0.303 e. The molecular formula is C24H37ClO4. The minimum Gasteiger partial charge on any atom is -0.481 e. The van der Waals surface area contributed by atoms with Gasteiger partial charge in [0.1, 0.15) is 0 Å². The van der Waals surface area contributed by atoms with E-state index in [1.807, 2.05) is 0 Å². The Hall–Kier alpha value is -1.10. The third-order valence-electron chi connectivity index (χ3n) is 6.22. The van der Waals surface area contributed by atoms with Gasteiger partial charge in [-0.15, -0.1) is 11.6 Å². The van der Waals surface area contributed by atoms with E-state index >= 15 is 0 Å². The number of carboxylic acids is 1. The summed E-state index contributed by atoms with van der Waals surface area (Å²) in [5.74, 6) is -0.357. The van der Waals surface area contributed by atoms with Crippen LogP contribution in [-0.2, 0) is 11.2 Å². The molecule has 1 aliphatic carbocycles. The van der Waals surface area contributed by atoms with Crippen LogP contribution in [0.15, 0.2) is 24.3 Å². The SMILES string of the molecule is O=C(O)CCCCCC[C@@H]1[C@@H](c2ccc(CCCCCCO)cc2)[C@H](O)C[C@H]1Cl. The summed E-state index contributed by atoms with van der Waals surface area (Å²) in [6.45, 7) is 0.281. The van der Waals surface area contributed by atoms with Crippen LogP contribution < -0.4 is 0 Å². The zero-order valence-corrected chi connectivity index (χ0v) is 18.2. The number of rotatable bonds is 14. The Bertz CT molecular complexity index is 589. The number of benzene rings is 1. The largest absolute Gasteiger partial charge is 0.481 e. The molecule has 1 aliphatic rings. The number of unbranched alkanes of at least 4 members (excludes halogenated alkanes) is 6. The maximum absolute atomic E-state index is 10.6. The lowest BCUT2D eigenvalue weighted by molar-refractivity contribution is -0.137. The summed E-state index contributed by atoms with van der Waals surface area (Å²) in [6.07, 6.45) is 10.5. The van der Waals surface area contributed by atoms with Gasteiger partial charge in [0.15, 0.2) is 0 Å². The quantitative estimate of drug-likeness (QED) is 0.280. The van der Waals surface area contributed by atoms with E-state index in [0.29, 0.717) is 6.42 Å². The molecule has 1 fully saturated rings. The first-order valence-electron chi connectivity index (χ1n) is 11.3.